The molecule has 2 aliphatic heterocycles. The number of rotatable bonds is 3. The van der Waals surface area contributed by atoms with E-state index >= 15 is 0 Å². The highest BCUT2D eigenvalue weighted by atomic mass is 16.6. The van der Waals surface area contributed by atoms with E-state index in [1.165, 1.54) is 12.0 Å². The number of hydrogen-bond acceptors (Lipinski definition) is 5. The topological polar surface area (TPSA) is 67.9 Å². The molecule has 2 heterocycles. The van der Waals surface area contributed by atoms with Gasteiger partial charge in [-0.05, 0) is 44.2 Å². The normalized spacial score (nSPS) is 26.1. The van der Waals surface area contributed by atoms with E-state index < -0.39 is 40.7 Å². The highest BCUT2D eigenvalue weighted by Crippen LogP contribution is 2.60. The van der Waals surface area contributed by atoms with E-state index in [4.69, 9.17) is 9.47 Å². The lowest BCUT2D eigenvalue weighted by molar-refractivity contribution is -0.146. The summed E-state index contributed by atoms with van der Waals surface area (Å²) in [4.78, 5) is 27.4. The molecule has 1 saturated heterocycles. The summed E-state index contributed by atoms with van der Waals surface area (Å²) in [5.41, 5.74) is 0.410. The molecule has 28 heavy (non-hydrogen) atoms. The number of nitrogens with one attached hydrogen (secondary N) is 1. The lowest BCUT2D eigenvalue weighted by Crippen LogP contribution is -2.54. The lowest BCUT2D eigenvalue weighted by atomic mass is 9.60. The summed E-state index contributed by atoms with van der Waals surface area (Å²) >= 11 is 0. The van der Waals surface area contributed by atoms with Crippen LogP contribution in [0.4, 0.5) is 10.5 Å². The third-order valence-electron chi connectivity index (χ3n) is 6.03. The Morgan fingerprint density at radius 2 is 1.89 bits per heavy atom. The van der Waals surface area contributed by atoms with Crippen molar-refractivity contribution in [1.82, 2.24) is 4.90 Å². The largest absolute Gasteiger partial charge is 0.467 e. The van der Waals surface area contributed by atoms with Crippen molar-refractivity contribution in [2.75, 3.05) is 12.4 Å². The van der Waals surface area contributed by atoms with Crippen molar-refractivity contribution in [2.24, 2.45) is 5.41 Å². The summed E-state index contributed by atoms with van der Waals surface area (Å²) in [5.74, 6) is -0.446. The Labute approximate surface area is 166 Å². The molecular weight excluding hydrogens is 356 g/mol. The van der Waals surface area contributed by atoms with Gasteiger partial charge in [0.25, 0.3) is 0 Å². The van der Waals surface area contributed by atoms with Gasteiger partial charge in [-0.3, -0.25) is 4.90 Å². The van der Waals surface area contributed by atoms with Crippen LogP contribution >= 0.6 is 0 Å². The van der Waals surface area contributed by atoms with Crippen molar-refractivity contribution >= 4 is 17.7 Å². The first kappa shape index (κ1) is 20.2. The molecule has 2 aliphatic rings. The van der Waals surface area contributed by atoms with Crippen LogP contribution in [-0.4, -0.2) is 41.9 Å². The minimum atomic E-state index is -0.745. The third-order valence-corrected chi connectivity index (χ3v) is 6.03. The van der Waals surface area contributed by atoms with E-state index in [0.717, 1.165) is 11.3 Å². The zero-order valence-electron chi connectivity index (χ0n) is 17.5. The summed E-state index contributed by atoms with van der Waals surface area (Å²) in [6, 6.07) is 7.24. The molecule has 1 amide bonds. The number of amides is 1. The minimum absolute atomic E-state index is 0.402. The van der Waals surface area contributed by atoms with Crippen molar-refractivity contribution in [3.05, 3.63) is 42.5 Å². The van der Waals surface area contributed by atoms with Gasteiger partial charge in [0.15, 0.2) is 0 Å². The molecule has 1 aromatic carbocycles. The van der Waals surface area contributed by atoms with Crippen LogP contribution in [0.15, 0.2) is 36.9 Å². The number of esters is 1. The maximum absolute atomic E-state index is 13.2. The SMILES string of the molecule is C=CC(C)(C)[C@@]12C[C@@H](C(=O)OC)N(C(=O)OC(C)(C)C)[C@@H]1Nc1ccccc12. The minimum Gasteiger partial charge on any atom is -0.467 e. The molecule has 0 saturated carbocycles. The van der Waals surface area contributed by atoms with Crippen LogP contribution in [0.3, 0.4) is 0 Å². The molecule has 0 aromatic heterocycles. The predicted molar refractivity (Wildman–Crippen MR) is 108 cm³/mol. The second-order valence-corrected chi connectivity index (χ2v) is 9.12. The Morgan fingerprint density at radius 1 is 1.25 bits per heavy atom. The second kappa shape index (κ2) is 6.54. The number of anilines is 1. The van der Waals surface area contributed by atoms with Crippen LogP contribution in [0, 0.1) is 5.41 Å². The first-order chi connectivity index (χ1) is 13.0. The summed E-state index contributed by atoms with van der Waals surface area (Å²) in [7, 11) is 1.34. The first-order valence-electron chi connectivity index (χ1n) is 9.57. The smallest absolute Gasteiger partial charge is 0.412 e. The fraction of sp³-hybridized carbons (Fsp3) is 0.545. The third kappa shape index (κ3) is 2.86. The summed E-state index contributed by atoms with van der Waals surface area (Å²) in [5, 5.41) is 3.47. The van der Waals surface area contributed by atoms with Crippen molar-refractivity contribution in [3.63, 3.8) is 0 Å². The van der Waals surface area contributed by atoms with Crippen LogP contribution in [0.25, 0.3) is 0 Å². The summed E-state index contributed by atoms with van der Waals surface area (Å²) in [6.45, 7) is 13.7. The van der Waals surface area contributed by atoms with Gasteiger partial charge < -0.3 is 14.8 Å². The van der Waals surface area contributed by atoms with Crippen LogP contribution in [0.2, 0.25) is 0 Å². The fourth-order valence-corrected chi connectivity index (χ4v) is 4.55. The van der Waals surface area contributed by atoms with Gasteiger partial charge in [-0.15, -0.1) is 6.58 Å². The molecule has 1 fully saturated rings. The number of ether oxygens (including phenoxy) is 2. The van der Waals surface area contributed by atoms with Crippen LogP contribution in [0.1, 0.15) is 46.6 Å². The fourth-order valence-electron chi connectivity index (χ4n) is 4.55. The van der Waals surface area contributed by atoms with Crippen molar-refractivity contribution in [3.8, 4) is 0 Å². The number of carbonyl (C=O) groups excluding carboxylic acids is 2. The van der Waals surface area contributed by atoms with Gasteiger partial charge in [-0.1, -0.05) is 38.1 Å². The number of fused-ring (bicyclic) bond motifs is 3. The lowest BCUT2D eigenvalue weighted by Gasteiger charge is -2.43. The Hall–Kier alpha value is -2.50. The molecule has 1 N–H and O–H groups in total. The van der Waals surface area contributed by atoms with Gasteiger partial charge in [-0.2, -0.15) is 0 Å². The summed E-state index contributed by atoms with van der Waals surface area (Å²) in [6.07, 6.45) is 1.34. The molecule has 0 aliphatic carbocycles. The van der Waals surface area contributed by atoms with Gasteiger partial charge in [-0.25, -0.2) is 9.59 Å². The molecule has 6 heteroatoms. The highest BCUT2D eigenvalue weighted by Gasteiger charge is 2.66. The molecule has 0 unspecified atom stereocenters. The number of allylic oxidation sites excluding steroid dienone is 1. The molecule has 152 valence electrons. The molecule has 0 spiro atoms. The zero-order valence-corrected chi connectivity index (χ0v) is 17.5. The molecular formula is C22H30N2O4. The number of carbonyl (C=O) groups is 2. The first-order valence-corrected chi connectivity index (χ1v) is 9.57. The van der Waals surface area contributed by atoms with Crippen molar-refractivity contribution in [1.29, 1.82) is 0 Å². The second-order valence-electron chi connectivity index (χ2n) is 9.12. The van der Waals surface area contributed by atoms with Crippen molar-refractivity contribution in [2.45, 2.75) is 64.3 Å². The molecule has 0 bridgehead atoms. The van der Waals surface area contributed by atoms with E-state index in [0.29, 0.717) is 6.42 Å². The van der Waals surface area contributed by atoms with E-state index in [9.17, 15) is 9.59 Å². The van der Waals surface area contributed by atoms with Gasteiger partial charge in [0.05, 0.1) is 7.11 Å². The van der Waals surface area contributed by atoms with Crippen LogP contribution in [-0.2, 0) is 19.7 Å². The van der Waals surface area contributed by atoms with E-state index in [-0.39, 0.29) is 0 Å². The van der Waals surface area contributed by atoms with Gasteiger partial charge in [0, 0.05) is 11.1 Å². The highest BCUT2D eigenvalue weighted by molar-refractivity contribution is 5.85. The molecule has 3 atom stereocenters. The van der Waals surface area contributed by atoms with Crippen molar-refractivity contribution < 1.29 is 19.1 Å². The van der Waals surface area contributed by atoms with E-state index in [2.05, 4.69) is 31.8 Å². The Kier molecular flexibility index (Phi) is 4.72. The molecule has 0 radical (unpaired) electrons. The summed E-state index contributed by atoms with van der Waals surface area (Å²) < 4.78 is 10.7. The monoisotopic (exact) mass is 386 g/mol. The average Bonchev–Trinajstić information content (AvgIpc) is 3.12. The Bertz CT molecular complexity index is 811. The zero-order chi connectivity index (χ0) is 20.9. The maximum atomic E-state index is 13.2. The predicted octanol–water partition coefficient (Wildman–Crippen LogP) is 4.07. The number of likely N-dealkylation sites (tertiary alicyclic amines) is 1. The maximum Gasteiger partial charge on any atom is 0.412 e. The quantitative estimate of drug-likeness (QED) is 0.626. The van der Waals surface area contributed by atoms with Crippen LogP contribution < -0.4 is 5.32 Å². The van der Waals surface area contributed by atoms with E-state index in [1.807, 2.05) is 45.0 Å². The average molecular weight is 386 g/mol. The van der Waals surface area contributed by atoms with E-state index in [1.54, 1.807) is 0 Å². The molecule has 6 nitrogen and oxygen atoms in total. The number of para-hydroxylation sites is 1. The van der Waals surface area contributed by atoms with Gasteiger partial charge in [0.1, 0.15) is 17.8 Å². The molecule has 3 rings (SSSR count). The molecule has 1 aromatic rings. The van der Waals surface area contributed by atoms with Gasteiger partial charge >= 0.3 is 12.1 Å². The standard InChI is InChI=1S/C22H30N2O4/c1-8-21(5,6)22-13-16(17(25)27-7)24(19(26)28-20(2,3)4)18(22)23-15-12-10-9-11-14(15)22/h8-12,16,18,23H,1,13H2,2-7H3/t16-,18-,22+/m0/s1. The number of methoxy groups -OCH3 is 1. The number of nitrogens with zero attached hydrogens (tertiary/aromatic N) is 1. The number of benzene rings is 1. The Morgan fingerprint density at radius 3 is 2.46 bits per heavy atom. The number of hydrogen-bond donors (Lipinski definition) is 1. The Balaban J connectivity index is 2.18. The van der Waals surface area contributed by atoms with Crippen LogP contribution in [0.5, 0.6) is 0 Å². The van der Waals surface area contributed by atoms with Gasteiger partial charge in [0.2, 0.25) is 0 Å².